The van der Waals surface area contributed by atoms with E-state index in [1.807, 2.05) is 0 Å². The molecule has 0 aromatic rings. The van der Waals surface area contributed by atoms with Crippen LogP contribution in [0.3, 0.4) is 0 Å². The van der Waals surface area contributed by atoms with Crippen LogP contribution in [-0.2, 0) is 0 Å². The van der Waals surface area contributed by atoms with Crippen LogP contribution >= 0.6 is 0 Å². The van der Waals surface area contributed by atoms with Gasteiger partial charge in [0, 0.05) is 9.52 Å². The lowest BCUT2D eigenvalue weighted by Gasteiger charge is -2.24. The van der Waals surface area contributed by atoms with Crippen LogP contribution in [0.15, 0.2) is 0 Å². The van der Waals surface area contributed by atoms with Crippen molar-refractivity contribution in [3.8, 4) is 0 Å². The predicted octanol–water partition coefficient (Wildman–Crippen LogP) is 1.32. The van der Waals surface area contributed by atoms with Gasteiger partial charge in [0.15, 0.2) is 0 Å². The fraction of sp³-hybridized carbons (Fsp3) is 1.00. The molecular weight excluding hydrogens is 166 g/mol. The lowest BCUT2D eigenvalue weighted by atomic mass is 10.7. The molecular formula is C8H23NSi2. The Kier molecular flexibility index (Phi) is 7.32. The smallest absolute Gasteiger partial charge is 0.108 e. The Morgan fingerprint density at radius 1 is 1.27 bits per heavy atom. The molecule has 11 heavy (non-hydrogen) atoms. The molecule has 1 nitrogen and oxygen atoms in total. The maximum absolute atomic E-state index is 2.68. The van der Waals surface area contributed by atoms with Crippen molar-refractivity contribution in [3.05, 3.63) is 0 Å². The van der Waals surface area contributed by atoms with Crippen molar-refractivity contribution >= 4 is 18.5 Å². The normalized spacial score (nSPS) is 15.0. The van der Waals surface area contributed by atoms with Crippen molar-refractivity contribution in [2.45, 2.75) is 39.0 Å². The minimum Gasteiger partial charge on any atom is -0.327 e. The van der Waals surface area contributed by atoms with Gasteiger partial charge >= 0.3 is 0 Å². The summed E-state index contributed by atoms with van der Waals surface area (Å²) in [6.07, 6.45) is 0. The van der Waals surface area contributed by atoms with Crippen LogP contribution in [-0.4, -0.2) is 36.1 Å². The highest BCUT2D eigenvalue weighted by Crippen LogP contribution is 2.03. The summed E-state index contributed by atoms with van der Waals surface area (Å²) >= 11 is 0. The zero-order chi connectivity index (χ0) is 8.69. The molecule has 0 bridgehead atoms. The molecule has 0 radical (unpaired) electrons. The van der Waals surface area contributed by atoms with E-state index in [1.165, 1.54) is 13.1 Å². The molecule has 0 fully saturated rings. The van der Waals surface area contributed by atoms with E-state index >= 15 is 0 Å². The summed E-state index contributed by atoms with van der Waals surface area (Å²) in [5, 5.41) is 0. The largest absolute Gasteiger partial charge is 0.327 e. The van der Waals surface area contributed by atoms with Crippen molar-refractivity contribution in [3.63, 3.8) is 0 Å². The molecule has 0 aliphatic carbocycles. The van der Waals surface area contributed by atoms with Gasteiger partial charge in [0.2, 0.25) is 0 Å². The molecule has 0 amide bonds. The third-order valence-corrected chi connectivity index (χ3v) is 7.56. The lowest BCUT2D eigenvalue weighted by Crippen LogP contribution is -2.36. The van der Waals surface area contributed by atoms with E-state index < -0.39 is 8.96 Å². The first-order valence-corrected chi connectivity index (χ1v) is 9.90. The first-order chi connectivity index (χ1) is 5.26. The summed E-state index contributed by atoms with van der Waals surface area (Å²) in [5.41, 5.74) is 0. The van der Waals surface area contributed by atoms with E-state index in [4.69, 9.17) is 0 Å². The van der Waals surface area contributed by atoms with Gasteiger partial charge in [0.1, 0.15) is 8.96 Å². The number of hydrogen-bond acceptors (Lipinski definition) is 1. The molecule has 0 heterocycles. The second-order valence-electron chi connectivity index (χ2n) is 3.21. The Labute approximate surface area is 75.7 Å². The fourth-order valence-corrected chi connectivity index (χ4v) is 7.14. The first-order valence-electron chi connectivity index (χ1n) is 5.00. The van der Waals surface area contributed by atoms with E-state index in [-0.39, 0.29) is 0 Å². The van der Waals surface area contributed by atoms with Crippen molar-refractivity contribution in [1.29, 1.82) is 0 Å². The fourth-order valence-electron chi connectivity index (χ4n) is 1.53. The van der Waals surface area contributed by atoms with Crippen molar-refractivity contribution in [2.24, 2.45) is 0 Å². The molecule has 0 rings (SSSR count). The van der Waals surface area contributed by atoms with Gasteiger partial charge in [-0.2, -0.15) is 0 Å². The zero-order valence-electron chi connectivity index (χ0n) is 8.56. The van der Waals surface area contributed by atoms with Crippen LogP contribution in [0.1, 0.15) is 13.8 Å². The molecule has 1 atom stereocenters. The number of nitrogens with zero attached hydrogens (tertiary/aromatic N) is 1. The first kappa shape index (κ1) is 11.4. The predicted molar refractivity (Wildman–Crippen MR) is 60.0 cm³/mol. The summed E-state index contributed by atoms with van der Waals surface area (Å²) in [5.74, 6) is 0. The van der Waals surface area contributed by atoms with Crippen LogP contribution in [0.4, 0.5) is 0 Å². The molecule has 0 aliphatic heterocycles. The molecule has 0 N–H and O–H groups in total. The third-order valence-electron chi connectivity index (χ3n) is 2.41. The van der Waals surface area contributed by atoms with E-state index in [0.717, 1.165) is 0 Å². The van der Waals surface area contributed by atoms with Gasteiger partial charge in [-0.05, 0) is 13.1 Å². The van der Waals surface area contributed by atoms with Crippen LogP contribution in [0.5, 0.6) is 0 Å². The summed E-state index contributed by atoms with van der Waals surface area (Å²) in [4.78, 5) is 0. The summed E-state index contributed by atoms with van der Waals surface area (Å²) in [7, 11) is -0.135. The van der Waals surface area contributed by atoms with Crippen molar-refractivity contribution in [1.82, 2.24) is 4.57 Å². The summed E-state index contributed by atoms with van der Waals surface area (Å²) in [6.45, 7) is 12.0. The highest BCUT2D eigenvalue weighted by molar-refractivity contribution is 6.55. The minimum absolute atomic E-state index is 0.332. The zero-order valence-corrected chi connectivity index (χ0v) is 11.1. The number of hydrogen-bond donors (Lipinski definition) is 0. The standard InChI is InChI=1S/C8H23NSi2/c1-5-9(6-2)11(4)8-7-10-3/h11H,5-8,10H2,1-4H3. The van der Waals surface area contributed by atoms with E-state index in [1.54, 1.807) is 12.1 Å². The van der Waals surface area contributed by atoms with Gasteiger partial charge in [-0.15, -0.1) is 0 Å². The van der Waals surface area contributed by atoms with Crippen molar-refractivity contribution < 1.29 is 0 Å². The Bertz CT molecular complexity index is 84.2. The van der Waals surface area contributed by atoms with Gasteiger partial charge in [-0.3, -0.25) is 0 Å². The Balaban J connectivity index is 3.51. The van der Waals surface area contributed by atoms with Gasteiger partial charge in [0.25, 0.3) is 0 Å². The number of rotatable bonds is 6. The van der Waals surface area contributed by atoms with Gasteiger partial charge in [0.05, 0.1) is 0 Å². The highest BCUT2D eigenvalue weighted by Gasteiger charge is 2.09. The average Bonchev–Trinajstić information content (AvgIpc) is 2.03. The second kappa shape index (κ2) is 7.07. The quantitative estimate of drug-likeness (QED) is 0.570. The SMILES string of the molecule is CCN(CC)[SiH](C)CC[SiH2]C. The third kappa shape index (κ3) is 4.77. The van der Waals surface area contributed by atoms with E-state index in [0.29, 0.717) is 9.52 Å². The van der Waals surface area contributed by atoms with Crippen LogP contribution in [0.25, 0.3) is 0 Å². The van der Waals surface area contributed by atoms with Crippen LogP contribution in [0.2, 0.25) is 25.2 Å². The molecule has 0 saturated heterocycles. The van der Waals surface area contributed by atoms with Gasteiger partial charge < -0.3 is 4.57 Å². The average molecular weight is 189 g/mol. The molecule has 0 aromatic carbocycles. The van der Waals surface area contributed by atoms with Crippen LogP contribution < -0.4 is 0 Å². The summed E-state index contributed by atoms with van der Waals surface area (Å²) in [6, 6.07) is 3.13. The Morgan fingerprint density at radius 2 is 1.82 bits per heavy atom. The minimum atomic E-state index is -0.467. The van der Waals surface area contributed by atoms with E-state index in [9.17, 15) is 0 Å². The van der Waals surface area contributed by atoms with Gasteiger partial charge in [-0.25, -0.2) is 0 Å². The van der Waals surface area contributed by atoms with Crippen molar-refractivity contribution in [2.75, 3.05) is 13.1 Å². The lowest BCUT2D eigenvalue weighted by molar-refractivity contribution is 0.480. The topological polar surface area (TPSA) is 3.24 Å². The molecule has 68 valence electrons. The molecule has 3 heteroatoms. The highest BCUT2D eigenvalue weighted by atomic mass is 28.3. The maximum atomic E-state index is 2.68. The molecule has 0 saturated carbocycles. The maximum Gasteiger partial charge on any atom is 0.108 e. The molecule has 0 aromatic heterocycles. The van der Waals surface area contributed by atoms with Gasteiger partial charge in [-0.1, -0.05) is 39.0 Å². The Morgan fingerprint density at radius 3 is 2.18 bits per heavy atom. The van der Waals surface area contributed by atoms with E-state index in [2.05, 4.69) is 31.5 Å². The van der Waals surface area contributed by atoms with Crippen LogP contribution in [0, 0.1) is 0 Å². The molecule has 1 unspecified atom stereocenters. The molecule has 0 spiro atoms. The summed E-state index contributed by atoms with van der Waals surface area (Å²) < 4.78 is 2.68. The monoisotopic (exact) mass is 189 g/mol. The second-order valence-corrected chi connectivity index (χ2v) is 7.93. The Hall–Kier alpha value is 0.394. The molecule has 0 aliphatic rings.